The molecule has 0 bridgehead atoms. The number of carbonyl (C=O) groups is 1. The average molecular weight is 470 g/mol. The summed E-state index contributed by atoms with van der Waals surface area (Å²) in [7, 11) is -3.70. The standard InChI is InChI=1S/C26H35N3O3S/c1-19-4-7-23(8-5-19)27-26(30)22-6-9-24(28-14-10-20(2)11-15-28)25(18-22)33(31,32)29-16-12-21(3)13-17-29/h4-9,18,20-21H,10-17H2,1-3H3,(H,27,30). The Morgan fingerprint density at radius 1 is 0.879 bits per heavy atom. The zero-order valence-electron chi connectivity index (χ0n) is 19.9. The molecule has 6 nitrogen and oxygen atoms in total. The first-order valence-corrected chi connectivity index (χ1v) is 13.4. The van der Waals surface area contributed by atoms with Gasteiger partial charge >= 0.3 is 0 Å². The molecule has 0 aromatic heterocycles. The molecule has 2 aromatic rings. The Morgan fingerprint density at radius 3 is 2.06 bits per heavy atom. The molecule has 0 atom stereocenters. The first-order chi connectivity index (χ1) is 15.7. The monoisotopic (exact) mass is 469 g/mol. The summed E-state index contributed by atoms with van der Waals surface area (Å²) in [6, 6.07) is 12.7. The molecular formula is C26H35N3O3S. The van der Waals surface area contributed by atoms with E-state index in [0.717, 1.165) is 44.3 Å². The van der Waals surface area contributed by atoms with Gasteiger partial charge in [-0.2, -0.15) is 4.31 Å². The summed E-state index contributed by atoms with van der Waals surface area (Å²) in [5.74, 6) is 0.872. The van der Waals surface area contributed by atoms with E-state index in [9.17, 15) is 13.2 Å². The Kier molecular flexibility index (Phi) is 7.10. The Balaban J connectivity index is 1.67. The van der Waals surface area contributed by atoms with Gasteiger partial charge in [-0.25, -0.2) is 8.42 Å². The highest BCUT2D eigenvalue weighted by Crippen LogP contribution is 2.34. The highest BCUT2D eigenvalue weighted by Gasteiger charge is 2.32. The quantitative estimate of drug-likeness (QED) is 0.676. The zero-order chi connectivity index (χ0) is 23.6. The van der Waals surface area contributed by atoms with Crippen LogP contribution in [0.4, 0.5) is 11.4 Å². The summed E-state index contributed by atoms with van der Waals surface area (Å²) in [6.07, 6.45) is 3.81. The van der Waals surface area contributed by atoms with Gasteiger partial charge in [0.2, 0.25) is 10.0 Å². The minimum atomic E-state index is -3.70. The molecule has 1 amide bonds. The molecule has 0 spiro atoms. The number of amides is 1. The number of hydrogen-bond acceptors (Lipinski definition) is 4. The van der Waals surface area contributed by atoms with E-state index in [0.29, 0.717) is 41.9 Å². The van der Waals surface area contributed by atoms with Crippen molar-refractivity contribution in [2.45, 2.75) is 51.3 Å². The zero-order valence-corrected chi connectivity index (χ0v) is 20.7. The van der Waals surface area contributed by atoms with Crippen LogP contribution in [0.25, 0.3) is 0 Å². The van der Waals surface area contributed by atoms with Crippen LogP contribution in [0.1, 0.15) is 55.5 Å². The van der Waals surface area contributed by atoms with Gasteiger partial charge < -0.3 is 10.2 Å². The molecule has 178 valence electrons. The summed E-state index contributed by atoms with van der Waals surface area (Å²) < 4.78 is 29.1. The maximum absolute atomic E-state index is 13.8. The molecule has 7 heteroatoms. The molecule has 33 heavy (non-hydrogen) atoms. The summed E-state index contributed by atoms with van der Waals surface area (Å²) >= 11 is 0. The number of carbonyl (C=O) groups excluding carboxylic acids is 1. The van der Waals surface area contributed by atoms with Gasteiger partial charge in [-0.3, -0.25) is 4.79 Å². The third-order valence-electron chi connectivity index (χ3n) is 7.02. The van der Waals surface area contributed by atoms with Crippen molar-refractivity contribution in [3.05, 3.63) is 53.6 Å². The van der Waals surface area contributed by atoms with E-state index in [1.165, 1.54) is 0 Å². The molecular weight excluding hydrogens is 434 g/mol. The molecule has 0 saturated carbocycles. The molecule has 0 radical (unpaired) electrons. The lowest BCUT2D eigenvalue weighted by atomic mass is 9.98. The normalized spacial score (nSPS) is 18.9. The lowest BCUT2D eigenvalue weighted by molar-refractivity contribution is 0.102. The molecule has 1 N–H and O–H groups in total. The van der Waals surface area contributed by atoms with E-state index in [1.54, 1.807) is 16.4 Å². The van der Waals surface area contributed by atoms with Crippen LogP contribution >= 0.6 is 0 Å². The summed E-state index contributed by atoms with van der Waals surface area (Å²) in [6.45, 7) is 9.11. The van der Waals surface area contributed by atoms with Crippen LogP contribution in [0.3, 0.4) is 0 Å². The third kappa shape index (κ3) is 5.41. The molecule has 2 fully saturated rings. The Labute approximate surface area is 198 Å². The van der Waals surface area contributed by atoms with Crippen LogP contribution in [0.5, 0.6) is 0 Å². The Hall–Kier alpha value is -2.38. The fourth-order valence-electron chi connectivity index (χ4n) is 4.58. The van der Waals surface area contributed by atoms with Crippen molar-refractivity contribution < 1.29 is 13.2 Å². The van der Waals surface area contributed by atoms with Crippen molar-refractivity contribution in [3.63, 3.8) is 0 Å². The minimum Gasteiger partial charge on any atom is -0.370 e. The highest BCUT2D eigenvalue weighted by molar-refractivity contribution is 7.89. The van der Waals surface area contributed by atoms with E-state index in [4.69, 9.17) is 0 Å². The number of sulfonamides is 1. The van der Waals surface area contributed by atoms with Gasteiger partial charge in [-0.05, 0) is 74.8 Å². The maximum atomic E-state index is 13.8. The first kappa shape index (κ1) is 23.8. The second kappa shape index (κ2) is 9.85. The number of aryl methyl sites for hydroxylation is 1. The van der Waals surface area contributed by atoms with E-state index in [-0.39, 0.29) is 10.8 Å². The lowest BCUT2D eigenvalue weighted by Crippen LogP contribution is -2.39. The molecule has 2 saturated heterocycles. The van der Waals surface area contributed by atoms with Crippen molar-refractivity contribution in [2.24, 2.45) is 11.8 Å². The smallest absolute Gasteiger partial charge is 0.255 e. The fourth-order valence-corrected chi connectivity index (χ4v) is 6.28. The Morgan fingerprint density at radius 2 is 1.45 bits per heavy atom. The van der Waals surface area contributed by atoms with Crippen LogP contribution in [0.15, 0.2) is 47.4 Å². The second-order valence-corrected chi connectivity index (χ2v) is 11.7. The number of benzene rings is 2. The van der Waals surface area contributed by atoms with Gasteiger partial charge in [0.1, 0.15) is 4.90 Å². The van der Waals surface area contributed by atoms with Crippen LogP contribution in [-0.4, -0.2) is 44.8 Å². The van der Waals surface area contributed by atoms with Crippen molar-refractivity contribution in [1.29, 1.82) is 0 Å². The lowest BCUT2D eigenvalue weighted by Gasteiger charge is -2.35. The molecule has 2 aromatic carbocycles. The van der Waals surface area contributed by atoms with Crippen molar-refractivity contribution >= 4 is 27.3 Å². The third-order valence-corrected chi connectivity index (χ3v) is 8.94. The number of rotatable bonds is 5. The summed E-state index contributed by atoms with van der Waals surface area (Å²) in [5.41, 5.74) is 2.87. The number of nitrogens with one attached hydrogen (secondary N) is 1. The first-order valence-electron chi connectivity index (χ1n) is 12.0. The molecule has 2 heterocycles. The molecule has 0 aliphatic carbocycles. The number of hydrogen-bond donors (Lipinski definition) is 1. The van der Waals surface area contributed by atoms with Gasteiger partial charge in [-0.15, -0.1) is 0 Å². The summed E-state index contributed by atoms with van der Waals surface area (Å²) in [4.78, 5) is 15.4. The Bertz CT molecular complexity index is 1080. The molecule has 2 aliphatic heterocycles. The van der Waals surface area contributed by atoms with Gasteiger partial charge in [-0.1, -0.05) is 31.5 Å². The molecule has 0 unspecified atom stereocenters. The predicted molar refractivity (Wildman–Crippen MR) is 133 cm³/mol. The average Bonchev–Trinajstić information content (AvgIpc) is 2.81. The minimum absolute atomic E-state index is 0.253. The van der Waals surface area contributed by atoms with Gasteiger partial charge in [0.15, 0.2) is 0 Å². The molecule has 2 aliphatic rings. The SMILES string of the molecule is Cc1ccc(NC(=O)c2ccc(N3CCC(C)CC3)c(S(=O)(=O)N3CCC(C)CC3)c2)cc1. The summed E-state index contributed by atoms with van der Waals surface area (Å²) in [5, 5.41) is 2.89. The van der Waals surface area contributed by atoms with Crippen LogP contribution in [0, 0.1) is 18.8 Å². The van der Waals surface area contributed by atoms with E-state index in [2.05, 4.69) is 24.1 Å². The van der Waals surface area contributed by atoms with Crippen LogP contribution in [0.2, 0.25) is 0 Å². The van der Waals surface area contributed by atoms with Crippen LogP contribution in [-0.2, 0) is 10.0 Å². The van der Waals surface area contributed by atoms with Gasteiger partial charge in [0.25, 0.3) is 5.91 Å². The second-order valence-electron chi connectivity index (χ2n) is 9.76. The fraction of sp³-hybridized carbons (Fsp3) is 0.500. The predicted octanol–water partition coefficient (Wildman–Crippen LogP) is 4.90. The number of piperidine rings is 2. The topological polar surface area (TPSA) is 69.7 Å². The van der Waals surface area contributed by atoms with E-state index >= 15 is 0 Å². The van der Waals surface area contributed by atoms with Gasteiger partial charge in [0, 0.05) is 37.4 Å². The van der Waals surface area contributed by atoms with E-state index in [1.807, 2.05) is 37.3 Å². The number of nitrogens with zero attached hydrogens (tertiary/aromatic N) is 2. The van der Waals surface area contributed by atoms with E-state index < -0.39 is 10.0 Å². The maximum Gasteiger partial charge on any atom is 0.255 e. The molecule has 4 rings (SSSR count). The van der Waals surface area contributed by atoms with Crippen molar-refractivity contribution in [2.75, 3.05) is 36.4 Å². The van der Waals surface area contributed by atoms with Crippen molar-refractivity contribution in [1.82, 2.24) is 4.31 Å². The van der Waals surface area contributed by atoms with Crippen molar-refractivity contribution in [3.8, 4) is 0 Å². The van der Waals surface area contributed by atoms with Gasteiger partial charge in [0.05, 0.1) is 5.69 Å². The van der Waals surface area contributed by atoms with Crippen LogP contribution < -0.4 is 10.2 Å². The number of anilines is 2. The largest absolute Gasteiger partial charge is 0.370 e. The highest BCUT2D eigenvalue weighted by atomic mass is 32.2.